The Morgan fingerprint density at radius 3 is 2.42 bits per heavy atom. The first-order chi connectivity index (χ1) is 11.6. The Morgan fingerprint density at radius 1 is 1.00 bits per heavy atom. The molecule has 1 N–H and O–H groups in total. The summed E-state index contributed by atoms with van der Waals surface area (Å²) in [6.07, 6.45) is 0. The van der Waals surface area contributed by atoms with Crippen LogP contribution in [0.5, 0.6) is 5.75 Å². The van der Waals surface area contributed by atoms with Crippen LogP contribution in [0.25, 0.3) is 10.8 Å². The SMILES string of the molecule is C=C(C)COc1ccc(C(=O)Nc2ccc3ccccc3c2)cc1. The minimum atomic E-state index is -0.142. The van der Waals surface area contributed by atoms with E-state index in [0.29, 0.717) is 12.2 Å². The van der Waals surface area contributed by atoms with Crippen molar-refractivity contribution < 1.29 is 9.53 Å². The number of hydrogen-bond donors (Lipinski definition) is 1. The summed E-state index contributed by atoms with van der Waals surface area (Å²) in [6, 6.07) is 21.0. The molecule has 0 radical (unpaired) electrons. The summed E-state index contributed by atoms with van der Waals surface area (Å²) in [6.45, 7) is 6.18. The lowest BCUT2D eigenvalue weighted by Crippen LogP contribution is -2.11. The van der Waals surface area contributed by atoms with Gasteiger partial charge >= 0.3 is 0 Å². The molecule has 0 aliphatic rings. The minimum absolute atomic E-state index is 0.142. The molecule has 24 heavy (non-hydrogen) atoms. The molecule has 1 amide bonds. The molecular weight excluding hydrogens is 298 g/mol. The largest absolute Gasteiger partial charge is 0.489 e. The molecule has 0 aromatic heterocycles. The molecule has 3 rings (SSSR count). The van der Waals surface area contributed by atoms with Gasteiger partial charge in [-0.2, -0.15) is 0 Å². The third-order valence-corrected chi connectivity index (χ3v) is 3.61. The van der Waals surface area contributed by atoms with Gasteiger partial charge in [0.2, 0.25) is 0 Å². The molecule has 3 aromatic carbocycles. The number of amides is 1. The maximum absolute atomic E-state index is 12.4. The number of fused-ring (bicyclic) bond motifs is 1. The quantitative estimate of drug-likeness (QED) is 0.669. The van der Waals surface area contributed by atoms with E-state index in [2.05, 4.69) is 11.9 Å². The Balaban J connectivity index is 1.70. The molecule has 0 aliphatic carbocycles. The van der Waals surface area contributed by atoms with Crippen LogP contribution < -0.4 is 10.1 Å². The summed E-state index contributed by atoms with van der Waals surface area (Å²) >= 11 is 0. The first-order valence-electron chi connectivity index (χ1n) is 7.79. The molecule has 0 unspecified atom stereocenters. The van der Waals surface area contributed by atoms with Crippen LogP contribution in [0.3, 0.4) is 0 Å². The van der Waals surface area contributed by atoms with E-state index in [0.717, 1.165) is 27.8 Å². The summed E-state index contributed by atoms with van der Waals surface area (Å²) in [5, 5.41) is 5.17. The predicted molar refractivity (Wildman–Crippen MR) is 98.7 cm³/mol. The van der Waals surface area contributed by atoms with Crippen LogP contribution in [0, 0.1) is 0 Å². The smallest absolute Gasteiger partial charge is 0.255 e. The number of nitrogens with one attached hydrogen (secondary N) is 1. The first-order valence-corrected chi connectivity index (χ1v) is 7.79. The number of anilines is 1. The van der Waals surface area contributed by atoms with Crippen molar-refractivity contribution in [1.29, 1.82) is 0 Å². The molecule has 3 heteroatoms. The van der Waals surface area contributed by atoms with Crippen molar-refractivity contribution >= 4 is 22.4 Å². The van der Waals surface area contributed by atoms with Gasteiger partial charge in [0.1, 0.15) is 12.4 Å². The second kappa shape index (κ2) is 7.01. The monoisotopic (exact) mass is 317 g/mol. The van der Waals surface area contributed by atoms with E-state index in [1.807, 2.05) is 49.4 Å². The zero-order valence-electron chi connectivity index (χ0n) is 13.6. The lowest BCUT2D eigenvalue weighted by molar-refractivity contribution is 0.102. The van der Waals surface area contributed by atoms with Crippen molar-refractivity contribution in [3.63, 3.8) is 0 Å². The van der Waals surface area contributed by atoms with Crippen molar-refractivity contribution in [3.8, 4) is 5.75 Å². The van der Waals surface area contributed by atoms with Crippen molar-refractivity contribution in [2.24, 2.45) is 0 Å². The van der Waals surface area contributed by atoms with E-state index in [1.54, 1.807) is 24.3 Å². The van der Waals surface area contributed by atoms with Crippen molar-refractivity contribution in [3.05, 3.63) is 84.4 Å². The van der Waals surface area contributed by atoms with Gasteiger partial charge in [-0.3, -0.25) is 4.79 Å². The Bertz CT molecular complexity index is 882. The zero-order chi connectivity index (χ0) is 16.9. The maximum atomic E-state index is 12.4. The van der Waals surface area contributed by atoms with Crippen LogP contribution in [0.1, 0.15) is 17.3 Å². The van der Waals surface area contributed by atoms with Crippen molar-refractivity contribution in [2.45, 2.75) is 6.92 Å². The van der Waals surface area contributed by atoms with Crippen molar-refractivity contribution in [1.82, 2.24) is 0 Å². The molecule has 0 saturated carbocycles. The Morgan fingerprint density at radius 2 is 1.71 bits per heavy atom. The van der Waals surface area contributed by atoms with Gasteiger partial charge in [0.25, 0.3) is 5.91 Å². The molecule has 0 bridgehead atoms. The highest BCUT2D eigenvalue weighted by Gasteiger charge is 2.07. The molecule has 3 aromatic rings. The van der Waals surface area contributed by atoms with Gasteiger partial charge in [0, 0.05) is 11.3 Å². The number of benzene rings is 3. The molecule has 0 atom stereocenters. The van der Waals surface area contributed by atoms with Gasteiger partial charge in [0.05, 0.1) is 0 Å². The summed E-state index contributed by atoms with van der Waals surface area (Å²) in [7, 11) is 0. The third kappa shape index (κ3) is 3.82. The molecule has 3 nitrogen and oxygen atoms in total. The molecule has 0 heterocycles. The van der Waals surface area contributed by atoms with Gasteiger partial charge in [-0.05, 0) is 59.7 Å². The zero-order valence-corrected chi connectivity index (χ0v) is 13.6. The van der Waals surface area contributed by atoms with Crippen molar-refractivity contribution in [2.75, 3.05) is 11.9 Å². The van der Waals surface area contributed by atoms with Crippen LogP contribution in [0.15, 0.2) is 78.9 Å². The summed E-state index contributed by atoms with van der Waals surface area (Å²) in [4.78, 5) is 12.4. The van der Waals surface area contributed by atoms with E-state index in [1.165, 1.54) is 0 Å². The number of carbonyl (C=O) groups is 1. The van der Waals surface area contributed by atoms with Crippen LogP contribution in [-0.2, 0) is 0 Å². The van der Waals surface area contributed by atoms with Crippen LogP contribution in [0.4, 0.5) is 5.69 Å². The fourth-order valence-electron chi connectivity index (χ4n) is 2.38. The number of carbonyl (C=O) groups excluding carboxylic acids is 1. The topological polar surface area (TPSA) is 38.3 Å². The predicted octanol–water partition coefficient (Wildman–Crippen LogP) is 5.05. The molecule has 120 valence electrons. The molecule has 0 aliphatic heterocycles. The average molecular weight is 317 g/mol. The van der Waals surface area contributed by atoms with Gasteiger partial charge < -0.3 is 10.1 Å². The van der Waals surface area contributed by atoms with E-state index in [9.17, 15) is 4.79 Å². The third-order valence-electron chi connectivity index (χ3n) is 3.61. The molecular formula is C21H19NO2. The van der Waals surface area contributed by atoms with E-state index >= 15 is 0 Å². The number of rotatable bonds is 5. The van der Waals surface area contributed by atoms with Gasteiger partial charge in [-0.1, -0.05) is 36.9 Å². The normalized spacial score (nSPS) is 10.4. The number of ether oxygens (including phenoxy) is 1. The Hall–Kier alpha value is -3.07. The summed E-state index contributed by atoms with van der Waals surface area (Å²) in [5.41, 5.74) is 2.32. The molecule has 0 fully saturated rings. The summed E-state index contributed by atoms with van der Waals surface area (Å²) in [5.74, 6) is 0.581. The second-order valence-corrected chi connectivity index (χ2v) is 5.79. The van der Waals surface area contributed by atoms with Gasteiger partial charge in [-0.25, -0.2) is 0 Å². The Labute approximate surface area is 141 Å². The molecule has 0 spiro atoms. The second-order valence-electron chi connectivity index (χ2n) is 5.79. The summed E-state index contributed by atoms with van der Waals surface area (Å²) < 4.78 is 5.54. The standard InChI is InChI=1S/C21H19NO2/c1-15(2)14-24-20-11-8-17(9-12-20)21(23)22-19-10-7-16-5-3-4-6-18(16)13-19/h3-13H,1,14H2,2H3,(H,22,23). The molecule has 0 saturated heterocycles. The fraction of sp³-hybridized carbons (Fsp3) is 0.0952. The minimum Gasteiger partial charge on any atom is -0.489 e. The van der Waals surface area contributed by atoms with E-state index in [4.69, 9.17) is 4.74 Å². The first kappa shape index (κ1) is 15.8. The lowest BCUT2D eigenvalue weighted by Gasteiger charge is -2.08. The highest BCUT2D eigenvalue weighted by Crippen LogP contribution is 2.20. The fourth-order valence-corrected chi connectivity index (χ4v) is 2.38. The highest BCUT2D eigenvalue weighted by molar-refractivity contribution is 6.05. The van der Waals surface area contributed by atoms with Gasteiger partial charge in [-0.15, -0.1) is 0 Å². The lowest BCUT2D eigenvalue weighted by atomic mass is 10.1. The van der Waals surface area contributed by atoms with Crippen LogP contribution >= 0.6 is 0 Å². The Kier molecular flexibility index (Phi) is 4.62. The van der Waals surface area contributed by atoms with E-state index < -0.39 is 0 Å². The average Bonchev–Trinajstić information content (AvgIpc) is 2.60. The van der Waals surface area contributed by atoms with Gasteiger partial charge in [0.15, 0.2) is 0 Å². The van der Waals surface area contributed by atoms with Crippen LogP contribution in [0.2, 0.25) is 0 Å². The maximum Gasteiger partial charge on any atom is 0.255 e. The number of hydrogen-bond acceptors (Lipinski definition) is 2. The highest BCUT2D eigenvalue weighted by atomic mass is 16.5. The van der Waals surface area contributed by atoms with E-state index in [-0.39, 0.29) is 5.91 Å². The van der Waals surface area contributed by atoms with Crippen LogP contribution in [-0.4, -0.2) is 12.5 Å².